The van der Waals surface area contributed by atoms with Crippen LogP contribution < -0.4 is 16.7 Å². The Morgan fingerprint density at radius 2 is 1.79 bits per heavy atom. The second-order valence-corrected chi connectivity index (χ2v) is 10.6. The number of nitrogens with one attached hydrogen (secondary N) is 1. The molecule has 5 aromatic rings. The fourth-order valence-electron chi connectivity index (χ4n) is 4.24. The van der Waals surface area contributed by atoms with Crippen LogP contribution in [0.3, 0.4) is 0 Å². The molecule has 2 aromatic carbocycles. The summed E-state index contributed by atoms with van der Waals surface area (Å²) in [5.74, 6) is -2.52. The third-order valence-electron chi connectivity index (χ3n) is 6.42. The second-order valence-electron chi connectivity index (χ2n) is 9.83. The summed E-state index contributed by atoms with van der Waals surface area (Å²) in [6.45, 7) is -0.279. The molecule has 0 fully saturated rings. The molecular formula is C26H24Cl2F2N10O3. The first-order valence-electron chi connectivity index (χ1n) is 12.7. The summed E-state index contributed by atoms with van der Waals surface area (Å²) in [5, 5.41) is 11.8. The number of aromatic nitrogens is 8. The number of halogens is 4. The summed E-state index contributed by atoms with van der Waals surface area (Å²) in [7, 11) is 4.97. The van der Waals surface area contributed by atoms with Gasteiger partial charge in [0.15, 0.2) is 17.5 Å². The Balaban J connectivity index is 1.54. The van der Waals surface area contributed by atoms with E-state index in [1.165, 1.54) is 22.0 Å². The van der Waals surface area contributed by atoms with E-state index in [9.17, 15) is 23.2 Å². The SMILES string of the molecule is CN(C)C(=O)CCn1cc2cc(Nc3nc(=O)n(Cc4ncn(C)n4)c(=O)n3Cc3cc(F)c(F)c(Cl)c3)c(Cl)cc2n1. The number of aryl methyl sites for hydroxylation is 2. The number of rotatable bonds is 9. The van der Waals surface area contributed by atoms with Crippen molar-refractivity contribution in [3.8, 4) is 0 Å². The average molecular weight is 633 g/mol. The van der Waals surface area contributed by atoms with Crippen molar-refractivity contribution in [3.05, 3.63) is 90.8 Å². The van der Waals surface area contributed by atoms with Gasteiger partial charge in [0, 0.05) is 45.7 Å². The molecule has 0 aliphatic rings. The Labute approximate surface area is 251 Å². The lowest BCUT2D eigenvalue weighted by Gasteiger charge is -2.16. The lowest BCUT2D eigenvalue weighted by Crippen LogP contribution is -2.43. The monoisotopic (exact) mass is 632 g/mol. The van der Waals surface area contributed by atoms with Crippen molar-refractivity contribution in [2.75, 3.05) is 19.4 Å². The molecule has 0 aliphatic carbocycles. The molecule has 5 rings (SSSR count). The normalized spacial score (nSPS) is 11.3. The van der Waals surface area contributed by atoms with E-state index in [0.29, 0.717) is 17.4 Å². The van der Waals surface area contributed by atoms with Gasteiger partial charge >= 0.3 is 11.4 Å². The summed E-state index contributed by atoms with van der Waals surface area (Å²) in [6, 6.07) is 5.28. The summed E-state index contributed by atoms with van der Waals surface area (Å²) in [6.07, 6.45) is 3.38. The Hall–Kier alpha value is -4.63. The van der Waals surface area contributed by atoms with E-state index >= 15 is 0 Å². The number of hydrogen-bond donors (Lipinski definition) is 1. The highest BCUT2D eigenvalue weighted by Crippen LogP contribution is 2.30. The third-order valence-corrected chi connectivity index (χ3v) is 7.01. The van der Waals surface area contributed by atoms with E-state index in [-0.39, 0.29) is 53.5 Å². The number of carbonyl (C=O) groups excluding carboxylic acids is 1. The molecule has 0 atom stereocenters. The van der Waals surface area contributed by atoms with Gasteiger partial charge in [-0.2, -0.15) is 15.2 Å². The highest BCUT2D eigenvalue weighted by Gasteiger charge is 2.19. The third kappa shape index (κ3) is 6.41. The number of fused-ring (bicyclic) bond motifs is 1. The van der Waals surface area contributed by atoms with Crippen molar-refractivity contribution >= 4 is 51.6 Å². The van der Waals surface area contributed by atoms with Gasteiger partial charge < -0.3 is 10.2 Å². The van der Waals surface area contributed by atoms with Crippen LogP contribution in [-0.4, -0.2) is 63.6 Å². The molecule has 0 saturated carbocycles. The minimum absolute atomic E-state index is 0.0557. The molecular weight excluding hydrogens is 609 g/mol. The molecule has 0 unspecified atom stereocenters. The first kappa shape index (κ1) is 29.8. The molecule has 13 nitrogen and oxygen atoms in total. The summed E-state index contributed by atoms with van der Waals surface area (Å²) in [4.78, 5) is 48.2. The van der Waals surface area contributed by atoms with Crippen molar-refractivity contribution in [2.45, 2.75) is 26.1 Å². The molecule has 17 heteroatoms. The summed E-state index contributed by atoms with van der Waals surface area (Å²) < 4.78 is 32.9. The number of hydrogen-bond acceptors (Lipinski definition) is 8. The van der Waals surface area contributed by atoms with Crippen molar-refractivity contribution < 1.29 is 13.6 Å². The van der Waals surface area contributed by atoms with E-state index in [1.807, 2.05) is 0 Å². The molecule has 0 spiro atoms. The molecule has 0 radical (unpaired) electrons. The van der Waals surface area contributed by atoms with Gasteiger partial charge in [-0.15, -0.1) is 0 Å². The van der Waals surface area contributed by atoms with Gasteiger partial charge in [0.05, 0.1) is 34.3 Å². The van der Waals surface area contributed by atoms with Crippen LogP contribution in [0.4, 0.5) is 20.4 Å². The molecule has 224 valence electrons. The number of anilines is 2. The van der Waals surface area contributed by atoms with Crippen LogP contribution in [-0.2, 0) is 31.5 Å². The van der Waals surface area contributed by atoms with E-state index < -0.39 is 28.0 Å². The minimum atomic E-state index is -1.23. The Kier molecular flexibility index (Phi) is 8.28. The van der Waals surface area contributed by atoms with E-state index in [1.54, 1.807) is 44.2 Å². The van der Waals surface area contributed by atoms with Gasteiger partial charge in [0.2, 0.25) is 11.9 Å². The second kappa shape index (κ2) is 11.9. The Morgan fingerprint density at radius 1 is 1.02 bits per heavy atom. The molecule has 1 amide bonds. The maximum Gasteiger partial charge on any atom is 0.355 e. The molecule has 0 aliphatic heterocycles. The zero-order valence-electron chi connectivity index (χ0n) is 23.1. The quantitative estimate of drug-likeness (QED) is 0.245. The lowest BCUT2D eigenvalue weighted by molar-refractivity contribution is -0.128. The molecule has 1 N–H and O–H groups in total. The van der Waals surface area contributed by atoms with Crippen molar-refractivity contribution in [2.24, 2.45) is 7.05 Å². The van der Waals surface area contributed by atoms with Crippen molar-refractivity contribution in [1.29, 1.82) is 0 Å². The number of carbonyl (C=O) groups is 1. The molecule has 3 heterocycles. The van der Waals surface area contributed by atoms with Gasteiger partial charge in [0.1, 0.15) is 6.33 Å². The zero-order chi connectivity index (χ0) is 31.0. The van der Waals surface area contributed by atoms with Gasteiger partial charge in [-0.05, 0) is 29.8 Å². The Morgan fingerprint density at radius 3 is 2.47 bits per heavy atom. The van der Waals surface area contributed by atoms with Crippen LogP contribution in [0.25, 0.3) is 10.9 Å². The van der Waals surface area contributed by atoms with Crippen molar-refractivity contribution in [1.82, 2.24) is 43.6 Å². The lowest BCUT2D eigenvalue weighted by atomic mass is 10.2. The topological polar surface area (TPSA) is 138 Å². The van der Waals surface area contributed by atoms with Gasteiger partial charge in [0.25, 0.3) is 0 Å². The predicted molar refractivity (Wildman–Crippen MR) is 155 cm³/mol. The first-order valence-corrected chi connectivity index (χ1v) is 13.5. The maximum atomic E-state index is 14.2. The predicted octanol–water partition coefficient (Wildman–Crippen LogP) is 2.79. The number of nitrogens with zero attached hydrogens (tertiary/aromatic N) is 9. The van der Waals surface area contributed by atoms with Crippen LogP contribution in [0.2, 0.25) is 10.0 Å². The standard InChI is InChI=1S/C26H24Cl2F2N10O3/c1-36(2)22(41)4-5-38-11-15-8-20(16(27)9-19(15)34-38)32-24-33-25(42)40(12-21-31-13-37(3)35-21)26(43)39(24)10-14-6-17(28)23(30)18(29)7-14/h6-9,11,13H,4-5,10,12H2,1-3H3,(H,32,33,42). The minimum Gasteiger partial charge on any atom is -0.349 e. The average Bonchev–Trinajstić information content (AvgIpc) is 3.55. The van der Waals surface area contributed by atoms with Crippen LogP contribution in [0.15, 0.2) is 46.4 Å². The number of amides is 1. The van der Waals surface area contributed by atoms with Crippen LogP contribution in [0.5, 0.6) is 0 Å². The maximum absolute atomic E-state index is 14.2. The molecule has 0 saturated heterocycles. The van der Waals surface area contributed by atoms with Crippen LogP contribution in [0, 0.1) is 11.6 Å². The van der Waals surface area contributed by atoms with E-state index in [2.05, 4.69) is 25.5 Å². The van der Waals surface area contributed by atoms with Gasteiger partial charge in [-0.1, -0.05) is 23.2 Å². The molecule has 3 aromatic heterocycles. The fourth-order valence-corrected chi connectivity index (χ4v) is 4.68. The molecule has 43 heavy (non-hydrogen) atoms. The van der Waals surface area contributed by atoms with Crippen LogP contribution >= 0.6 is 23.2 Å². The summed E-state index contributed by atoms with van der Waals surface area (Å²) in [5.41, 5.74) is -0.771. The smallest absolute Gasteiger partial charge is 0.349 e. The highest BCUT2D eigenvalue weighted by molar-refractivity contribution is 6.34. The highest BCUT2D eigenvalue weighted by atomic mass is 35.5. The summed E-state index contributed by atoms with van der Waals surface area (Å²) >= 11 is 12.4. The van der Waals surface area contributed by atoms with Crippen LogP contribution in [0.1, 0.15) is 17.8 Å². The Bertz CT molecular complexity index is 1960. The van der Waals surface area contributed by atoms with Gasteiger partial charge in [-0.3, -0.25) is 18.7 Å². The largest absolute Gasteiger partial charge is 0.355 e. The van der Waals surface area contributed by atoms with Gasteiger partial charge in [-0.25, -0.2) is 27.9 Å². The fraction of sp³-hybridized carbons (Fsp3) is 0.269. The first-order chi connectivity index (χ1) is 20.4. The van der Waals surface area contributed by atoms with E-state index in [4.69, 9.17) is 23.2 Å². The van der Waals surface area contributed by atoms with E-state index in [0.717, 1.165) is 15.2 Å². The molecule has 0 bridgehead atoms. The zero-order valence-corrected chi connectivity index (χ0v) is 24.6. The van der Waals surface area contributed by atoms with Crippen molar-refractivity contribution in [3.63, 3.8) is 0 Å². The number of benzene rings is 2.